The van der Waals surface area contributed by atoms with Crippen molar-refractivity contribution in [3.8, 4) is 0 Å². The highest BCUT2D eigenvalue weighted by molar-refractivity contribution is 5.74. The first-order valence-electron chi connectivity index (χ1n) is 9.47. The fourth-order valence-corrected chi connectivity index (χ4v) is 3.08. The van der Waals surface area contributed by atoms with Crippen LogP contribution < -0.4 is 10.9 Å². The van der Waals surface area contributed by atoms with Crippen molar-refractivity contribution in [3.05, 3.63) is 62.8 Å². The maximum atomic E-state index is 12.6. The van der Waals surface area contributed by atoms with Gasteiger partial charge in [0.1, 0.15) is 5.82 Å². The van der Waals surface area contributed by atoms with Crippen LogP contribution in [-0.2, 0) is 13.0 Å². The maximum absolute atomic E-state index is 12.6. The third-order valence-corrected chi connectivity index (χ3v) is 4.28. The van der Waals surface area contributed by atoms with Crippen molar-refractivity contribution in [1.29, 1.82) is 0 Å². The molecule has 0 atom stereocenters. The summed E-state index contributed by atoms with van der Waals surface area (Å²) in [5, 5.41) is 2.82. The number of H-pyrrole nitrogens is 1. The van der Waals surface area contributed by atoms with Gasteiger partial charge in [-0.3, -0.25) is 4.79 Å². The van der Waals surface area contributed by atoms with Gasteiger partial charge in [-0.05, 0) is 32.3 Å². The molecule has 2 aromatic rings. The number of hydrogen-bond acceptors (Lipinski definition) is 3. The van der Waals surface area contributed by atoms with E-state index >= 15 is 0 Å². The molecule has 0 aliphatic carbocycles. The number of aromatic nitrogens is 2. The van der Waals surface area contributed by atoms with Gasteiger partial charge in [0.15, 0.2) is 0 Å². The molecule has 2 rings (SSSR count). The molecule has 27 heavy (non-hydrogen) atoms. The number of nitrogens with zero attached hydrogens (tertiary/aromatic N) is 2. The van der Waals surface area contributed by atoms with E-state index in [2.05, 4.69) is 35.2 Å². The number of aromatic amines is 1. The third kappa shape index (κ3) is 5.94. The standard InChI is InChI=1S/C21H30N4O2/c1-6-22-21(27)25(12-14(2)3)13-19-23-16(5)18(20(26)24-19)11-17-9-7-8-15(4)10-17/h7-10,14H,6,11-13H2,1-5H3,(H,22,27)(H,23,24,26). The summed E-state index contributed by atoms with van der Waals surface area (Å²) in [5.41, 5.74) is 3.48. The number of hydrogen-bond donors (Lipinski definition) is 2. The first-order valence-corrected chi connectivity index (χ1v) is 9.47. The zero-order chi connectivity index (χ0) is 20.0. The van der Waals surface area contributed by atoms with Crippen molar-refractivity contribution < 1.29 is 4.79 Å². The summed E-state index contributed by atoms with van der Waals surface area (Å²) in [6, 6.07) is 7.97. The molecule has 6 nitrogen and oxygen atoms in total. The summed E-state index contributed by atoms with van der Waals surface area (Å²) in [7, 11) is 0. The van der Waals surface area contributed by atoms with Gasteiger partial charge in [-0.1, -0.05) is 43.7 Å². The predicted molar refractivity (Wildman–Crippen MR) is 108 cm³/mol. The van der Waals surface area contributed by atoms with Crippen LogP contribution in [0.1, 0.15) is 49.0 Å². The lowest BCUT2D eigenvalue weighted by molar-refractivity contribution is 0.186. The Bertz CT molecular complexity index is 842. The van der Waals surface area contributed by atoms with Crippen molar-refractivity contribution in [2.24, 2.45) is 5.92 Å². The van der Waals surface area contributed by atoms with E-state index in [1.165, 1.54) is 0 Å². The van der Waals surface area contributed by atoms with Crippen molar-refractivity contribution in [2.45, 2.75) is 47.6 Å². The van der Waals surface area contributed by atoms with Crippen LogP contribution in [0, 0.1) is 19.8 Å². The van der Waals surface area contributed by atoms with Crippen LogP contribution in [0.2, 0.25) is 0 Å². The zero-order valence-electron chi connectivity index (χ0n) is 16.9. The molecule has 6 heteroatoms. The molecule has 0 unspecified atom stereocenters. The third-order valence-electron chi connectivity index (χ3n) is 4.28. The van der Waals surface area contributed by atoms with E-state index in [0.717, 1.165) is 11.1 Å². The predicted octanol–water partition coefficient (Wildman–Crippen LogP) is 3.17. The number of urea groups is 1. The Hall–Kier alpha value is -2.63. The van der Waals surface area contributed by atoms with Gasteiger partial charge in [-0.2, -0.15) is 0 Å². The maximum Gasteiger partial charge on any atom is 0.317 e. The average Bonchev–Trinajstić information content (AvgIpc) is 2.57. The van der Waals surface area contributed by atoms with Crippen LogP contribution >= 0.6 is 0 Å². The molecule has 0 radical (unpaired) electrons. The van der Waals surface area contributed by atoms with Crippen LogP contribution in [0.25, 0.3) is 0 Å². The number of amides is 2. The van der Waals surface area contributed by atoms with E-state index in [-0.39, 0.29) is 18.1 Å². The minimum Gasteiger partial charge on any atom is -0.338 e. The topological polar surface area (TPSA) is 78.1 Å². The number of nitrogens with one attached hydrogen (secondary N) is 2. The van der Waals surface area contributed by atoms with Crippen molar-refractivity contribution >= 4 is 6.03 Å². The summed E-state index contributed by atoms with van der Waals surface area (Å²) in [5.74, 6) is 0.832. The molecule has 146 valence electrons. The Morgan fingerprint density at radius 1 is 1.30 bits per heavy atom. The summed E-state index contributed by atoms with van der Waals surface area (Å²) >= 11 is 0. The number of rotatable bonds is 7. The zero-order valence-corrected chi connectivity index (χ0v) is 16.9. The second-order valence-corrected chi connectivity index (χ2v) is 7.35. The largest absolute Gasteiger partial charge is 0.338 e. The first-order chi connectivity index (χ1) is 12.8. The van der Waals surface area contributed by atoms with Gasteiger partial charge in [0.25, 0.3) is 5.56 Å². The molecule has 0 aliphatic rings. The van der Waals surface area contributed by atoms with E-state index < -0.39 is 0 Å². The Labute approximate surface area is 161 Å². The number of benzene rings is 1. The average molecular weight is 370 g/mol. The summed E-state index contributed by atoms with van der Waals surface area (Å²) in [6.45, 7) is 11.3. The molecule has 2 amide bonds. The summed E-state index contributed by atoms with van der Waals surface area (Å²) < 4.78 is 0. The second-order valence-electron chi connectivity index (χ2n) is 7.35. The Morgan fingerprint density at radius 2 is 2.04 bits per heavy atom. The van der Waals surface area contributed by atoms with Gasteiger partial charge < -0.3 is 15.2 Å². The second kappa shape index (κ2) is 9.35. The van der Waals surface area contributed by atoms with Crippen molar-refractivity contribution in [1.82, 2.24) is 20.2 Å². The minimum atomic E-state index is -0.143. The molecule has 1 aromatic heterocycles. The SMILES string of the molecule is CCNC(=O)N(Cc1nc(C)c(Cc2cccc(C)c2)c(=O)[nH]1)CC(C)C. The molecule has 0 aliphatic heterocycles. The lowest BCUT2D eigenvalue weighted by Crippen LogP contribution is -2.42. The molecule has 0 fully saturated rings. The van der Waals surface area contributed by atoms with Gasteiger partial charge in [0.05, 0.1) is 6.54 Å². The van der Waals surface area contributed by atoms with Gasteiger partial charge in [-0.25, -0.2) is 9.78 Å². The number of carbonyl (C=O) groups excluding carboxylic acids is 1. The van der Waals surface area contributed by atoms with Crippen LogP contribution in [0.5, 0.6) is 0 Å². The van der Waals surface area contributed by atoms with Crippen molar-refractivity contribution in [3.63, 3.8) is 0 Å². The molecule has 1 heterocycles. The Balaban J connectivity index is 2.23. The van der Waals surface area contributed by atoms with Crippen LogP contribution in [0.3, 0.4) is 0 Å². The fraction of sp³-hybridized carbons (Fsp3) is 0.476. The summed E-state index contributed by atoms with van der Waals surface area (Å²) in [4.78, 5) is 34.0. The molecule has 0 spiro atoms. The van der Waals surface area contributed by atoms with Crippen LogP contribution in [0.4, 0.5) is 4.79 Å². The quantitative estimate of drug-likeness (QED) is 0.786. The smallest absolute Gasteiger partial charge is 0.317 e. The van der Waals surface area contributed by atoms with Crippen molar-refractivity contribution in [2.75, 3.05) is 13.1 Å². The van der Waals surface area contributed by atoms with E-state index in [9.17, 15) is 9.59 Å². The molecule has 2 N–H and O–H groups in total. The highest BCUT2D eigenvalue weighted by Gasteiger charge is 2.17. The van der Waals surface area contributed by atoms with Gasteiger partial charge in [-0.15, -0.1) is 0 Å². The number of aryl methyl sites for hydroxylation is 2. The summed E-state index contributed by atoms with van der Waals surface area (Å²) in [6.07, 6.45) is 0.544. The lowest BCUT2D eigenvalue weighted by atomic mass is 10.0. The normalized spacial score (nSPS) is 10.9. The molecule has 0 saturated carbocycles. The van der Waals surface area contributed by atoms with E-state index in [1.807, 2.05) is 39.0 Å². The molecule has 0 bridgehead atoms. The van der Waals surface area contributed by atoms with E-state index in [0.29, 0.717) is 42.5 Å². The highest BCUT2D eigenvalue weighted by atomic mass is 16.2. The minimum absolute atomic E-state index is 0.139. The fourth-order valence-electron chi connectivity index (χ4n) is 3.08. The molecule has 1 aromatic carbocycles. The number of carbonyl (C=O) groups is 1. The van der Waals surface area contributed by atoms with E-state index in [1.54, 1.807) is 4.90 Å². The molecular formula is C21H30N4O2. The molecular weight excluding hydrogens is 340 g/mol. The van der Waals surface area contributed by atoms with Gasteiger partial charge in [0, 0.05) is 30.8 Å². The van der Waals surface area contributed by atoms with Crippen LogP contribution in [-0.4, -0.2) is 34.0 Å². The Kier molecular flexibility index (Phi) is 7.16. The van der Waals surface area contributed by atoms with Gasteiger partial charge in [0.2, 0.25) is 0 Å². The lowest BCUT2D eigenvalue weighted by Gasteiger charge is -2.24. The molecule has 0 saturated heterocycles. The Morgan fingerprint density at radius 3 is 2.63 bits per heavy atom. The monoisotopic (exact) mass is 370 g/mol. The highest BCUT2D eigenvalue weighted by Crippen LogP contribution is 2.11. The first kappa shape index (κ1) is 20.7. The van der Waals surface area contributed by atoms with Crippen LogP contribution in [0.15, 0.2) is 29.1 Å². The van der Waals surface area contributed by atoms with Gasteiger partial charge >= 0.3 is 6.03 Å². The van der Waals surface area contributed by atoms with E-state index in [4.69, 9.17) is 0 Å².